The maximum absolute atomic E-state index is 12.1. The van der Waals surface area contributed by atoms with E-state index in [1.165, 1.54) is 0 Å². The van der Waals surface area contributed by atoms with Gasteiger partial charge in [0.05, 0.1) is 0 Å². The van der Waals surface area contributed by atoms with Crippen LogP contribution in [0.4, 0.5) is 0 Å². The average molecular weight is 280 g/mol. The Morgan fingerprint density at radius 3 is 2.59 bits per heavy atom. The molecule has 1 fully saturated rings. The van der Waals surface area contributed by atoms with Crippen molar-refractivity contribution in [1.82, 2.24) is 4.90 Å². The van der Waals surface area contributed by atoms with E-state index in [2.05, 4.69) is 18.7 Å². The minimum absolute atomic E-state index is 0.201. The Bertz CT molecular complexity index is 339. The fourth-order valence-electron chi connectivity index (χ4n) is 2.15. The van der Waals surface area contributed by atoms with E-state index < -0.39 is 9.84 Å². The van der Waals surface area contributed by atoms with Gasteiger partial charge < -0.3 is 5.73 Å². The van der Waals surface area contributed by atoms with Gasteiger partial charge in [-0.1, -0.05) is 13.8 Å². The summed E-state index contributed by atoms with van der Waals surface area (Å²) in [5.41, 5.74) is 5.65. The Balaban J connectivity index is 3.02. The first kappa shape index (κ1) is 15.3. The third kappa shape index (κ3) is 3.16. The zero-order valence-corrected chi connectivity index (χ0v) is 12.6. The molecule has 4 nitrogen and oxygen atoms in total. The van der Waals surface area contributed by atoms with E-state index in [1.54, 1.807) is 18.7 Å². The molecular formula is C11H24N2O2S2. The molecule has 102 valence electrons. The minimum Gasteiger partial charge on any atom is -0.329 e. The molecule has 2 unspecified atom stereocenters. The van der Waals surface area contributed by atoms with Crippen molar-refractivity contribution in [1.29, 1.82) is 0 Å². The Labute approximate surface area is 109 Å². The van der Waals surface area contributed by atoms with Crippen LogP contribution < -0.4 is 5.73 Å². The smallest absolute Gasteiger partial charge is 0.166 e. The third-order valence-corrected chi connectivity index (χ3v) is 7.08. The molecule has 1 heterocycles. The molecule has 0 amide bonds. The molecule has 0 aromatic rings. The van der Waals surface area contributed by atoms with E-state index in [4.69, 9.17) is 5.73 Å². The van der Waals surface area contributed by atoms with Gasteiger partial charge in [0.1, 0.15) is 5.37 Å². The summed E-state index contributed by atoms with van der Waals surface area (Å²) >= 11 is 1.72. The molecule has 2 N–H and O–H groups in total. The summed E-state index contributed by atoms with van der Waals surface area (Å²) in [5, 5.41) is -0.361. The summed E-state index contributed by atoms with van der Waals surface area (Å²) in [4.78, 5) is 2.11. The average Bonchev–Trinajstić information content (AvgIpc) is 2.38. The van der Waals surface area contributed by atoms with Crippen molar-refractivity contribution in [3.05, 3.63) is 0 Å². The fraction of sp³-hybridized carbons (Fsp3) is 1.00. The molecule has 2 atom stereocenters. The number of rotatable bonds is 5. The molecule has 6 heteroatoms. The number of thioether (sulfide) groups is 1. The Morgan fingerprint density at radius 2 is 2.12 bits per heavy atom. The number of hydrogen-bond acceptors (Lipinski definition) is 5. The first-order valence-corrected chi connectivity index (χ1v) is 9.04. The molecule has 0 saturated carbocycles. The molecule has 0 bridgehead atoms. The van der Waals surface area contributed by atoms with Crippen molar-refractivity contribution in [3.8, 4) is 0 Å². The Hall–Kier alpha value is 0.220. The van der Waals surface area contributed by atoms with Crippen molar-refractivity contribution >= 4 is 21.6 Å². The highest BCUT2D eigenvalue weighted by molar-refractivity contribution is 8.01. The lowest BCUT2D eigenvalue weighted by atomic mass is 9.96. The predicted molar refractivity (Wildman–Crippen MR) is 75.0 cm³/mol. The third-order valence-electron chi connectivity index (χ3n) is 3.80. The van der Waals surface area contributed by atoms with Gasteiger partial charge in [-0.25, -0.2) is 8.42 Å². The molecule has 1 rings (SSSR count). The first-order chi connectivity index (χ1) is 7.91. The quantitative estimate of drug-likeness (QED) is 0.811. The summed E-state index contributed by atoms with van der Waals surface area (Å²) in [5.74, 6) is 1.87. The van der Waals surface area contributed by atoms with Gasteiger partial charge in [0.25, 0.3) is 0 Å². The molecular weight excluding hydrogens is 256 g/mol. The lowest BCUT2D eigenvalue weighted by Crippen LogP contribution is -2.61. The molecule has 0 spiro atoms. The molecule has 17 heavy (non-hydrogen) atoms. The Morgan fingerprint density at radius 1 is 1.47 bits per heavy atom. The first-order valence-electron chi connectivity index (χ1n) is 6.17. The number of sulfone groups is 1. The summed E-state index contributed by atoms with van der Waals surface area (Å²) in [6.07, 6.45) is 0.879. The largest absolute Gasteiger partial charge is 0.329 e. The standard InChI is InChI=1S/C11H24N2O2S2/c1-4-11(3,9-12)13-6-7-16-8-10(13)17(14,15)5-2/h10H,4-9,12H2,1-3H3. The summed E-state index contributed by atoms with van der Waals surface area (Å²) in [6.45, 7) is 7.18. The summed E-state index contributed by atoms with van der Waals surface area (Å²) < 4.78 is 24.3. The molecule has 1 aliphatic heterocycles. The molecule has 1 saturated heterocycles. The zero-order chi connectivity index (χ0) is 13.1. The monoisotopic (exact) mass is 280 g/mol. The van der Waals surface area contributed by atoms with Crippen molar-refractivity contribution in [2.75, 3.05) is 30.3 Å². The van der Waals surface area contributed by atoms with Gasteiger partial charge in [0.15, 0.2) is 9.84 Å². The van der Waals surface area contributed by atoms with Gasteiger partial charge in [-0.15, -0.1) is 0 Å². The second-order valence-electron chi connectivity index (χ2n) is 4.73. The van der Waals surface area contributed by atoms with Gasteiger partial charge in [-0.2, -0.15) is 11.8 Å². The van der Waals surface area contributed by atoms with Gasteiger partial charge in [0, 0.05) is 35.9 Å². The second kappa shape index (κ2) is 5.91. The lowest BCUT2D eigenvalue weighted by Gasteiger charge is -2.46. The van der Waals surface area contributed by atoms with E-state index in [-0.39, 0.29) is 16.7 Å². The zero-order valence-electron chi connectivity index (χ0n) is 11.0. The van der Waals surface area contributed by atoms with Crippen LogP contribution >= 0.6 is 11.8 Å². The molecule has 0 aromatic carbocycles. The minimum atomic E-state index is -3.02. The highest BCUT2D eigenvalue weighted by atomic mass is 32.2. The molecule has 0 aromatic heterocycles. The number of hydrogen-bond donors (Lipinski definition) is 1. The normalized spacial score (nSPS) is 26.7. The van der Waals surface area contributed by atoms with Gasteiger partial charge in [-0.3, -0.25) is 4.90 Å². The maximum atomic E-state index is 12.1. The van der Waals surface area contributed by atoms with E-state index >= 15 is 0 Å². The van der Waals surface area contributed by atoms with Gasteiger partial charge >= 0.3 is 0 Å². The van der Waals surface area contributed by atoms with Crippen LogP contribution in [0.5, 0.6) is 0 Å². The van der Waals surface area contributed by atoms with E-state index in [9.17, 15) is 8.42 Å². The second-order valence-corrected chi connectivity index (χ2v) is 8.33. The molecule has 1 aliphatic rings. The van der Waals surface area contributed by atoms with Crippen LogP contribution in [0.1, 0.15) is 27.2 Å². The van der Waals surface area contributed by atoms with Crippen LogP contribution in [0.15, 0.2) is 0 Å². The van der Waals surface area contributed by atoms with Gasteiger partial charge in [0.2, 0.25) is 0 Å². The van der Waals surface area contributed by atoms with E-state index in [1.807, 2.05) is 0 Å². The van der Waals surface area contributed by atoms with Crippen LogP contribution in [0.3, 0.4) is 0 Å². The maximum Gasteiger partial charge on any atom is 0.166 e. The highest BCUT2D eigenvalue weighted by Gasteiger charge is 2.41. The van der Waals surface area contributed by atoms with Crippen LogP contribution in [0.25, 0.3) is 0 Å². The summed E-state index contributed by atoms with van der Waals surface area (Å²) in [6, 6.07) is 0. The topological polar surface area (TPSA) is 63.4 Å². The van der Waals surface area contributed by atoms with Crippen molar-refractivity contribution < 1.29 is 8.42 Å². The van der Waals surface area contributed by atoms with Crippen molar-refractivity contribution in [2.24, 2.45) is 5.73 Å². The van der Waals surface area contributed by atoms with E-state index in [0.717, 1.165) is 18.7 Å². The van der Waals surface area contributed by atoms with Crippen LogP contribution in [-0.4, -0.2) is 54.6 Å². The number of nitrogens with zero attached hydrogens (tertiary/aromatic N) is 1. The van der Waals surface area contributed by atoms with Crippen LogP contribution in [0.2, 0.25) is 0 Å². The van der Waals surface area contributed by atoms with Crippen molar-refractivity contribution in [2.45, 2.75) is 38.1 Å². The van der Waals surface area contributed by atoms with Crippen molar-refractivity contribution in [3.63, 3.8) is 0 Å². The lowest BCUT2D eigenvalue weighted by molar-refractivity contribution is 0.102. The molecule has 0 radical (unpaired) electrons. The number of nitrogens with two attached hydrogens (primary N) is 1. The Kier molecular flexibility index (Phi) is 5.31. The predicted octanol–water partition coefficient (Wildman–Crippen LogP) is 0.923. The van der Waals surface area contributed by atoms with Crippen LogP contribution in [-0.2, 0) is 9.84 Å². The highest BCUT2D eigenvalue weighted by Crippen LogP contribution is 2.29. The fourth-order valence-corrected chi connectivity index (χ4v) is 5.28. The summed E-state index contributed by atoms with van der Waals surface area (Å²) in [7, 11) is -3.02. The van der Waals surface area contributed by atoms with Gasteiger partial charge in [-0.05, 0) is 13.3 Å². The van der Waals surface area contributed by atoms with E-state index in [0.29, 0.717) is 12.3 Å². The van der Waals surface area contributed by atoms with Crippen LogP contribution in [0, 0.1) is 0 Å². The molecule has 0 aliphatic carbocycles. The SMILES string of the molecule is CCC(C)(CN)N1CCSCC1S(=O)(=O)CC.